The molecule has 140 valence electrons. The Balaban J connectivity index is 1.50. The third-order valence-electron chi connectivity index (χ3n) is 4.99. The van der Waals surface area contributed by atoms with Crippen LogP contribution in [0, 0.1) is 0 Å². The molecule has 3 rings (SSSR count). The molecule has 1 aromatic rings. The van der Waals surface area contributed by atoms with Crippen molar-refractivity contribution < 1.29 is 19.1 Å². The lowest BCUT2D eigenvalue weighted by Gasteiger charge is -2.14. The second-order valence-corrected chi connectivity index (χ2v) is 6.86. The van der Waals surface area contributed by atoms with Crippen molar-refractivity contribution in [3.05, 3.63) is 29.8 Å². The maximum absolute atomic E-state index is 12.5. The Hall–Kier alpha value is -2.57. The molecule has 1 aliphatic heterocycles. The molecule has 0 aromatic heterocycles. The van der Waals surface area contributed by atoms with Gasteiger partial charge in [0.1, 0.15) is 11.8 Å². The topological polar surface area (TPSA) is 87.7 Å². The number of methoxy groups -OCH3 is 1. The molecule has 1 heterocycles. The van der Waals surface area contributed by atoms with Gasteiger partial charge in [0.25, 0.3) is 5.91 Å². The van der Waals surface area contributed by atoms with Crippen molar-refractivity contribution in [3.63, 3.8) is 0 Å². The van der Waals surface area contributed by atoms with E-state index in [1.807, 2.05) is 12.1 Å². The van der Waals surface area contributed by atoms with Gasteiger partial charge < -0.3 is 15.4 Å². The zero-order chi connectivity index (χ0) is 18.5. The molecule has 7 nitrogen and oxygen atoms in total. The first-order valence-corrected chi connectivity index (χ1v) is 9.11. The van der Waals surface area contributed by atoms with Crippen molar-refractivity contribution in [3.8, 4) is 5.75 Å². The van der Waals surface area contributed by atoms with Crippen LogP contribution >= 0.6 is 0 Å². The van der Waals surface area contributed by atoms with E-state index >= 15 is 0 Å². The van der Waals surface area contributed by atoms with Gasteiger partial charge in [-0.25, -0.2) is 4.79 Å². The number of carbonyl (C=O) groups excluding carboxylic acids is 3. The van der Waals surface area contributed by atoms with Crippen molar-refractivity contribution in [2.24, 2.45) is 0 Å². The van der Waals surface area contributed by atoms with E-state index in [0.717, 1.165) is 37.0 Å². The second kappa shape index (κ2) is 8.21. The monoisotopic (exact) mass is 359 g/mol. The van der Waals surface area contributed by atoms with Crippen LogP contribution in [0.4, 0.5) is 4.79 Å². The average molecular weight is 359 g/mol. The minimum Gasteiger partial charge on any atom is -0.497 e. The maximum Gasteiger partial charge on any atom is 0.325 e. The first-order valence-electron chi connectivity index (χ1n) is 9.11. The lowest BCUT2D eigenvalue weighted by Crippen LogP contribution is -2.35. The summed E-state index contributed by atoms with van der Waals surface area (Å²) in [6.07, 6.45) is 4.93. The molecule has 1 saturated heterocycles. The van der Waals surface area contributed by atoms with E-state index in [0.29, 0.717) is 6.42 Å². The van der Waals surface area contributed by atoms with Crippen molar-refractivity contribution >= 4 is 17.8 Å². The summed E-state index contributed by atoms with van der Waals surface area (Å²) in [5.41, 5.74) is 0.842. The molecule has 4 amide bonds. The van der Waals surface area contributed by atoms with Crippen LogP contribution in [0.1, 0.15) is 44.1 Å². The van der Waals surface area contributed by atoms with Crippen molar-refractivity contribution in [2.45, 2.75) is 57.2 Å². The van der Waals surface area contributed by atoms with E-state index in [4.69, 9.17) is 4.74 Å². The molecule has 1 atom stereocenters. The van der Waals surface area contributed by atoms with E-state index in [9.17, 15) is 14.4 Å². The average Bonchev–Trinajstić information content (AvgIpc) is 3.24. The predicted molar refractivity (Wildman–Crippen MR) is 95.5 cm³/mol. The van der Waals surface area contributed by atoms with Gasteiger partial charge in [0, 0.05) is 12.5 Å². The zero-order valence-electron chi connectivity index (χ0n) is 15.0. The first kappa shape index (κ1) is 18.2. The molecule has 0 radical (unpaired) electrons. The Morgan fingerprint density at radius 3 is 2.58 bits per heavy atom. The Bertz CT molecular complexity index is 668. The molecule has 1 aromatic carbocycles. The number of amides is 4. The molecule has 2 aliphatic rings. The predicted octanol–water partition coefficient (Wildman–Crippen LogP) is 1.95. The van der Waals surface area contributed by atoms with Crippen molar-refractivity contribution in [1.29, 1.82) is 0 Å². The number of benzene rings is 1. The summed E-state index contributed by atoms with van der Waals surface area (Å²) in [6, 6.07) is 6.45. The summed E-state index contributed by atoms with van der Waals surface area (Å²) in [6.45, 7) is 0.208. The van der Waals surface area contributed by atoms with Crippen LogP contribution in [0.25, 0.3) is 0 Å². The third-order valence-corrected chi connectivity index (χ3v) is 4.99. The van der Waals surface area contributed by atoms with Gasteiger partial charge >= 0.3 is 6.03 Å². The normalized spacial score (nSPS) is 20.3. The second-order valence-electron chi connectivity index (χ2n) is 6.86. The molecular formula is C19H25N3O4. The third kappa shape index (κ3) is 4.33. The number of imide groups is 1. The summed E-state index contributed by atoms with van der Waals surface area (Å²) in [7, 11) is 1.58. The van der Waals surface area contributed by atoms with Gasteiger partial charge in [-0.2, -0.15) is 0 Å². The molecular weight excluding hydrogens is 334 g/mol. The number of nitrogens with one attached hydrogen (secondary N) is 2. The van der Waals surface area contributed by atoms with E-state index in [-0.39, 0.29) is 30.8 Å². The van der Waals surface area contributed by atoms with Crippen molar-refractivity contribution in [1.82, 2.24) is 15.5 Å². The molecule has 0 spiro atoms. The summed E-state index contributed by atoms with van der Waals surface area (Å²) < 4.78 is 5.10. The molecule has 2 N–H and O–H groups in total. The van der Waals surface area contributed by atoms with Crippen LogP contribution in [0.5, 0.6) is 5.75 Å². The van der Waals surface area contributed by atoms with Gasteiger partial charge in [-0.1, -0.05) is 25.0 Å². The Morgan fingerprint density at radius 1 is 1.23 bits per heavy atom. The maximum atomic E-state index is 12.5. The molecule has 7 heteroatoms. The van der Waals surface area contributed by atoms with Crippen LogP contribution < -0.4 is 15.4 Å². The fraction of sp³-hybridized carbons (Fsp3) is 0.526. The number of rotatable bonds is 7. The van der Waals surface area contributed by atoms with Crippen LogP contribution in [0.15, 0.2) is 24.3 Å². The highest BCUT2D eigenvalue weighted by molar-refractivity contribution is 6.04. The number of hydrogen-bond acceptors (Lipinski definition) is 4. The fourth-order valence-electron chi connectivity index (χ4n) is 3.48. The minimum absolute atomic E-state index is 0.0486. The lowest BCUT2D eigenvalue weighted by molar-refractivity contribution is -0.128. The van der Waals surface area contributed by atoms with Gasteiger partial charge in [-0.15, -0.1) is 0 Å². The van der Waals surface area contributed by atoms with E-state index in [2.05, 4.69) is 10.6 Å². The largest absolute Gasteiger partial charge is 0.497 e. The smallest absolute Gasteiger partial charge is 0.325 e. The van der Waals surface area contributed by atoms with E-state index < -0.39 is 12.1 Å². The van der Waals surface area contributed by atoms with E-state index in [1.54, 1.807) is 19.2 Å². The molecule has 0 bridgehead atoms. The van der Waals surface area contributed by atoms with Gasteiger partial charge in [0.05, 0.1) is 13.7 Å². The highest BCUT2D eigenvalue weighted by Gasteiger charge is 2.37. The number of hydrogen-bond donors (Lipinski definition) is 2. The number of carbonyl (C=O) groups is 3. The molecule has 2 fully saturated rings. The Kier molecular flexibility index (Phi) is 5.75. The van der Waals surface area contributed by atoms with E-state index in [1.165, 1.54) is 4.90 Å². The Labute approximate surface area is 153 Å². The van der Waals surface area contributed by atoms with Gasteiger partial charge in [0.15, 0.2) is 0 Å². The summed E-state index contributed by atoms with van der Waals surface area (Å²) >= 11 is 0. The number of urea groups is 1. The summed E-state index contributed by atoms with van der Waals surface area (Å²) in [5.74, 6) is 0.393. The zero-order valence-corrected chi connectivity index (χ0v) is 15.0. The van der Waals surface area contributed by atoms with Crippen LogP contribution in [0.3, 0.4) is 0 Å². The highest BCUT2D eigenvalue weighted by Crippen LogP contribution is 2.19. The highest BCUT2D eigenvalue weighted by atomic mass is 16.5. The van der Waals surface area contributed by atoms with Gasteiger partial charge in [0.2, 0.25) is 5.91 Å². The molecule has 26 heavy (non-hydrogen) atoms. The quantitative estimate of drug-likeness (QED) is 0.729. The van der Waals surface area contributed by atoms with Crippen LogP contribution in [0.2, 0.25) is 0 Å². The summed E-state index contributed by atoms with van der Waals surface area (Å²) in [4.78, 5) is 37.8. The number of nitrogens with zero attached hydrogens (tertiary/aromatic N) is 1. The van der Waals surface area contributed by atoms with Crippen molar-refractivity contribution in [2.75, 3.05) is 7.11 Å². The minimum atomic E-state index is -0.630. The van der Waals surface area contributed by atoms with Gasteiger partial charge in [-0.3, -0.25) is 14.5 Å². The SMILES string of the molecule is COc1ccc(CN2C(=O)N[C@H](CCC(=O)NC3CCCC3)C2=O)cc1. The number of ether oxygens (including phenoxy) is 1. The molecule has 1 aliphatic carbocycles. The Morgan fingerprint density at radius 2 is 1.92 bits per heavy atom. The lowest BCUT2D eigenvalue weighted by atomic mass is 10.1. The van der Waals surface area contributed by atoms with Gasteiger partial charge in [-0.05, 0) is 37.0 Å². The summed E-state index contributed by atoms with van der Waals surface area (Å²) in [5, 5.41) is 5.68. The van der Waals surface area contributed by atoms with Crippen LogP contribution in [-0.2, 0) is 16.1 Å². The molecule has 0 unspecified atom stereocenters. The standard InChI is InChI=1S/C19H25N3O4/c1-26-15-8-6-13(7-9-15)12-22-18(24)16(21-19(22)25)10-11-17(23)20-14-4-2-3-5-14/h6-9,14,16H,2-5,10-12H2,1H3,(H,20,23)(H,21,25)/t16-/m1/s1. The first-order chi connectivity index (χ1) is 12.6. The fourth-order valence-corrected chi connectivity index (χ4v) is 3.48. The van der Waals surface area contributed by atoms with Crippen LogP contribution in [-0.4, -0.2) is 41.9 Å². The molecule has 1 saturated carbocycles.